The van der Waals surface area contributed by atoms with E-state index in [1.165, 1.54) is 6.20 Å². The molecule has 0 fully saturated rings. The number of pyridine rings is 1. The van der Waals surface area contributed by atoms with Crippen molar-refractivity contribution in [2.45, 2.75) is 26.2 Å². The first kappa shape index (κ1) is 17.2. The summed E-state index contributed by atoms with van der Waals surface area (Å²) in [5.74, 6) is -0.489. The van der Waals surface area contributed by atoms with Crippen LogP contribution < -0.4 is 10.7 Å². The molecule has 0 atom stereocenters. The molecule has 0 saturated carbocycles. The normalized spacial score (nSPS) is 11.5. The zero-order valence-electron chi connectivity index (χ0n) is 14.3. The first-order chi connectivity index (χ1) is 11.8. The number of hydrogen-bond acceptors (Lipinski definition) is 2. The Morgan fingerprint density at radius 1 is 1.12 bits per heavy atom. The van der Waals surface area contributed by atoms with Crippen molar-refractivity contribution < 1.29 is 4.79 Å². The Morgan fingerprint density at radius 2 is 1.84 bits per heavy atom. The van der Waals surface area contributed by atoms with Crippen LogP contribution in [0.25, 0.3) is 10.9 Å². The highest BCUT2D eigenvalue weighted by molar-refractivity contribution is 6.34. The number of aromatic nitrogens is 1. The van der Waals surface area contributed by atoms with Gasteiger partial charge in [-0.3, -0.25) is 9.59 Å². The highest BCUT2D eigenvalue weighted by atomic mass is 35.5. The molecule has 2 aromatic carbocycles. The van der Waals surface area contributed by atoms with E-state index in [9.17, 15) is 9.59 Å². The predicted molar refractivity (Wildman–Crippen MR) is 103 cm³/mol. The van der Waals surface area contributed by atoms with Gasteiger partial charge < -0.3 is 10.3 Å². The highest BCUT2D eigenvalue weighted by Crippen LogP contribution is 2.30. The predicted octanol–water partition coefficient (Wildman–Crippen LogP) is 4.73. The molecule has 3 aromatic rings. The highest BCUT2D eigenvalue weighted by Gasteiger charge is 2.17. The van der Waals surface area contributed by atoms with Gasteiger partial charge in [0, 0.05) is 17.1 Å². The topological polar surface area (TPSA) is 62.0 Å². The molecule has 3 rings (SSSR count). The molecule has 0 unspecified atom stereocenters. The molecular formula is C20H19ClN2O2. The van der Waals surface area contributed by atoms with Crippen LogP contribution in [0.1, 0.15) is 36.7 Å². The minimum Gasteiger partial charge on any atom is -0.360 e. The summed E-state index contributed by atoms with van der Waals surface area (Å²) < 4.78 is 0. The number of aromatic amines is 1. The van der Waals surface area contributed by atoms with E-state index in [-0.39, 0.29) is 16.4 Å². The summed E-state index contributed by atoms with van der Waals surface area (Å²) in [6.07, 6.45) is 1.43. The zero-order valence-corrected chi connectivity index (χ0v) is 15.1. The number of fused-ring (bicyclic) bond motifs is 1. The summed E-state index contributed by atoms with van der Waals surface area (Å²) in [7, 11) is 0. The summed E-state index contributed by atoms with van der Waals surface area (Å²) in [4.78, 5) is 28.0. The van der Waals surface area contributed by atoms with E-state index in [0.717, 1.165) is 5.56 Å². The molecule has 4 nitrogen and oxygen atoms in total. The van der Waals surface area contributed by atoms with Gasteiger partial charge >= 0.3 is 0 Å². The standard InChI is InChI=1S/C20H19ClN2O2/c1-20(2,3)12-8-9-17(15(21)10-12)23-19(25)14-11-22-16-7-5-4-6-13(16)18(14)24/h4-11H,1-3H3,(H,22,24)(H,23,25). The Hall–Kier alpha value is -2.59. The Bertz CT molecular complexity index is 1020. The van der Waals surface area contributed by atoms with Crippen LogP contribution in [0.15, 0.2) is 53.5 Å². The van der Waals surface area contributed by atoms with Crippen molar-refractivity contribution in [3.8, 4) is 0 Å². The number of nitrogens with one attached hydrogen (secondary N) is 2. The number of anilines is 1. The maximum absolute atomic E-state index is 12.5. The van der Waals surface area contributed by atoms with Gasteiger partial charge in [0.15, 0.2) is 0 Å². The van der Waals surface area contributed by atoms with Gasteiger partial charge in [0.05, 0.1) is 10.7 Å². The Kier molecular flexibility index (Phi) is 4.39. The van der Waals surface area contributed by atoms with E-state index >= 15 is 0 Å². The first-order valence-corrected chi connectivity index (χ1v) is 8.37. The van der Waals surface area contributed by atoms with Gasteiger partial charge in [-0.25, -0.2) is 0 Å². The molecular weight excluding hydrogens is 336 g/mol. The van der Waals surface area contributed by atoms with Crippen LogP contribution in [0.4, 0.5) is 5.69 Å². The van der Waals surface area contributed by atoms with Crippen LogP contribution in [0.2, 0.25) is 5.02 Å². The lowest BCUT2D eigenvalue weighted by molar-refractivity contribution is 0.102. The molecule has 5 heteroatoms. The number of carbonyl (C=O) groups is 1. The number of halogens is 1. The summed E-state index contributed by atoms with van der Waals surface area (Å²) >= 11 is 6.30. The van der Waals surface area contributed by atoms with Gasteiger partial charge in [-0.05, 0) is 35.2 Å². The van der Waals surface area contributed by atoms with Crippen molar-refractivity contribution >= 4 is 34.1 Å². The van der Waals surface area contributed by atoms with E-state index < -0.39 is 5.91 Å². The number of hydrogen-bond donors (Lipinski definition) is 2. The van der Waals surface area contributed by atoms with E-state index in [2.05, 4.69) is 31.1 Å². The number of rotatable bonds is 2. The van der Waals surface area contributed by atoms with Crippen molar-refractivity contribution in [2.24, 2.45) is 0 Å². The maximum Gasteiger partial charge on any atom is 0.261 e. The molecule has 0 aliphatic carbocycles. The van der Waals surface area contributed by atoms with E-state index in [1.807, 2.05) is 18.2 Å². The fourth-order valence-corrected chi connectivity index (χ4v) is 2.84. The van der Waals surface area contributed by atoms with Crippen molar-refractivity contribution in [1.82, 2.24) is 4.98 Å². The second-order valence-corrected chi connectivity index (χ2v) is 7.38. The molecule has 0 aliphatic heterocycles. The minimum absolute atomic E-state index is 0.0400. The van der Waals surface area contributed by atoms with Crippen molar-refractivity contribution in [3.05, 3.63) is 75.0 Å². The number of carbonyl (C=O) groups excluding carboxylic acids is 1. The monoisotopic (exact) mass is 354 g/mol. The van der Waals surface area contributed by atoms with Crippen LogP contribution in [-0.4, -0.2) is 10.9 Å². The van der Waals surface area contributed by atoms with Crippen LogP contribution in [0.3, 0.4) is 0 Å². The molecule has 128 valence electrons. The van der Waals surface area contributed by atoms with Crippen LogP contribution in [0, 0.1) is 0 Å². The van der Waals surface area contributed by atoms with Crippen molar-refractivity contribution in [1.29, 1.82) is 0 Å². The van der Waals surface area contributed by atoms with Crippen molar-refractivity contribution in [3.63, 3.8) is 0 Å². The third-order valence-electron chi connectivity index (χ3n) is 4.12. The van der Waals surface area contributed by atoms with E-state index in [0.29, 0.717) is 21.6 Å². The van der Waals surface area contributed by atoms with E-state index in [1.54, 1.807) is 24.3 Å². The van der Waals surface area contributed by atoms with Gasteiger partial charge in [-0.15, -0.1) is 0 Å². The van der Waals surface area contributed by atoms with Crippen LogP contribution >= 0.6 is 11.6 Å². The second-order valence-electron chi connectivity index (χ2n) is 6.98. The molecule has 0 bridgehead atoms. The maximum atomic E-state index is 12.5. The van der Waals surface area contributed by atoms with Crippen molar-refractivity contribution in [2.75, 3.05) is 5.32 Å². The summed E-state index contributed by atoms with van der Waals surface area (Å²) in [5, 5.41) is 3.64. The largest absolute Gasteiger partial charge is 0.360 e. The van der Waals surface area contributed by atoms with Gasteiger partial charge in [0.1, 0.15) is 5.56 Å². The lowest BCUT2D eigenvalue weighted by Crippen LogP contribution is -2.22. The molecule has 2 N–H and O–H groups in total. The van der Waals surface area contributed by atoms with Crippen LogP contribution in [0.5, 0.6) is 0 Å². The lowest BCUT2D eigenvalue weighted by Gasteiger charge is -2.20. The molecule has 0 saturated heterocycles. The SMILES string of the molecule is CC(C)(C)c1ccc(NC(=O)c2c[nH]c3ccccc3c2=O)c(Cl)c1. The summed E-state index contributed by atoms with van der Waals surface area (Å²) in [5.41, 5.74) is 1.94. The average molecular weight is 355 g/mol. The molecule has 1 heterocycles. The van der Waals surface area contributed by atoms with E-state index in [4.69, 9.17) is 11.6 Å². The second kappa shape index (κ2) is 6.37. The molecule has 1 amide bonds. The van der Waals surface area contributed by atoms with Gasteiger partial charge in [-0.2, -0.15) is 0 Å². The number of para-hydroxylation sites is 1. The third-order valence-corrected chi connectivity index (χ3v) is 4.43. The smallest absolute Gasteiger partial charge is 0.261 e. The number of H-pyrrole nitrogens is 1. The fourth-order valence-electron chi connectivity index (χ4n) is 2.61. The first-order valence-electron chi connectivity index (χ1n) is 7.99. The molecule has 0 spiro atoms. The Morgan fingerprint density at radius 3 is 2.52 bits per heavy atom. The van der Waals surface area contributed by atoms with Gasteiger partial charge in [0.2, 0.25) is 5.43 Å². The van der Waals surface area contributed by atoms with Gasteiger partial charge in [-0.1, -0.05) is 50.6 Å². The Balaban J connectivity index is 1.93. The molecule has 0 aliphatic rings. The average Bonchev–Trinajstić information content (AvgIpc) is 2.56. The minimum atomic E-state index is -0.489. The number of amides is 1. The quantitative estimate of drug-likeness (QED) is 0.698. The van der Waals surface area contributed by atoms with Gasteiger partial charge in [0.25, 0.3) is 5.91 Å². The zero-order chi connectivity index (χ0) is 18.2. The van der Waals surface area contributed by atoms with Crippen LogP contribution in [-0.2, 0) is 5.41 Å². The Labute approximate surface area is 150 Å². The number of benzene rings is 2. The summed E-state index contributed by atoms with van der Waals surface area (Å²) in [6.45, 7) is 6.27. The third kappa shape index (κ3) is 3.44. The fraction of sp³-hybridized carbons (Fsp3) is 0.200. The molecule has 1 aromatic heterocycles. The summed E-state index contributed by atoms with van der Waals surface area (Å²) in [6, 6.07) is 12.6. The lowest BCUT2D eigenvalue weighted by atomic mass is 9.87. The molecule has 25 heavy (non-hydrogen) atoms. The molecule has 0 radical (unpaired) electrons.